The molecule has 0 aromatic carbocycles. The van der Waals surface area contributed by atoms with Gasteiger partial charge in [0, 0.05) is 23.4 Å². The number of nitrogens with one attached hydrogen (secondary N) is 2. The van der Waals surface area contributed by atoms with E-state index in [0.717, 1.165) is 41.7 Å². The van der Waals surface area contributed by atoms with Crippen LogP contribution in [0.4, 0.5) is 11.8 Å². The zero-order chi connectivity index (χ0) is 14.8. The van der Waals surface area contributed by atoms with E-state index < -0.39 is 0 Å². The minimum absolute atomic E-state index is 0.220. The monoisotopic (exact) mass is 307 g/mol. The van der Waals surface area contributed by atoms with Crippen LogP contribution in [-0.4, -0.2) is 27.7 Å². The molecule has 2 aromatic rings. The van der Waals surface area contributed by atoms with Crippen molar-refractivity contribution in [2.24, 2.45) is 11.8 Å². The molecule has 2 aromatic heterocycles. The summed E-state index contributed by atoms with van der Waals surface area (Å²) in [6.45, 7) is 2.35. The van der Waals surface area contributed by atoms with Gasteiger partial charge in [-0.1, -0.05) is 13.3 Å². The van der Waals surface area contributed by atoms with E-state index in [4.69, 9.17) is 5.84 Å². The molecule has 2 atom stereocenters. The number of hydrogen-bond donors (Lipinski definition) is 4. The second-order valence-electron chi connectivity index (χ2n) is 5.45. The summed E-state index contributed by atoms with van der Waals surface area (Å²) in [6, 6.07) is 2.41. The number of aliphatic hydroxyl groups is 1. The molecule has 1 aliphatic rings. The normalized spacial score (nSPS) is 21.9. The number of aliphatic hydroxyl groups excluding tert-OH is 1. The van der Waals surface area contributed by atoms with Crippen LogP contribution >= 0.6 is 11.3 Å². The summed E-state index contributed by atoms with van der Waals surface area (Å²) < 4.78 is 0. The van der Waals surface area contributed by atoms with E-state index in [1.807, 2.05) is 0 Å². The number of hydrazine groups is 1. The number of rotatable bonds is 5. The van der Waals surface area contributed by atoms with Crippen LogP contribution in [0.25, 0.3) is 10.2 Å². The number of fused-ring (bicyclic) bond motifs is 1. The Morgan fingerprint density at radius 3 is 3.00 bits per heavy atom. The zero-order valence-corrected chi connectivity index (χ0v) is 12.9. The second kappa shape index (κ2) is 6.13. The Hall–Kier alpha value is -1.44. The lowest BCUT2D eigenvalue weighted by Gasteiger charge is -2.20. The molecule has 1 saturated carbocycles. The highest BCUT2D eigenvalue weighted by molar-refractivity contribution is 7.18. The molecular formula is C14H21N5OS. The Labute approximate surface area is 127 Å². The van der Waals surface area contributed by atoms with E-state index in [1.165, 1.54) is 4.88 Å². The number of nitrogens with zero attached hydrogens (tertiary/aromatic N) is 2. The first-order valence-corrected chi connectivity index (χ1v) is 8.21. The van der Waals surface area contributed by atoms with E-state index in [0.29, 0.717) is 11.9 Å². The lowest BCUT2D eigenvalue weighted by molar-refractivity contribution is 0.222. The number of aryl methyl sites for hydroxylation is 1. The molecule has 21 heavy (non-hydrogen) atoms. The Morgan fingerprint density at radius 2 is 2.29 bits per heavy atom. The first-order chi connectivity index (χ1) is 10.2. The first-order valence-electron chi connectivity index (χ1n) is 7.39. The molecule has 5 N–H and O–H groups in total. The molecule has 0 radical (unpaired) electrons. The van der Waals surface area contributed by atoms with Gasteiger partial charge in [0.25, 0.3) is 0 Å². The quantitative estimate of drug-likeness (QED) is 0.499. The van der Waals surface area contributed by atoms with Crippen molar-refractivity contribution in [1.82, 2.24) is 9.97 Å². The van der Waals surface area contributed by atoms with Crippen molar-refractivity contribution in [3.8, 4) is 0 Å². The molecule has 0 amide bonds. The van der Waals surface area contributed by atoms with Gasteiger partial charge in [0.2, 0.25) is 5.95 Å². The second-order valence-corrected chi connectivity index (χ2v) is 6.56. The van der Waals surface area contributed by atoms with Crippen LogP contribution in [0.1, 0.15) is 31.1 Å². The molecule has 0 saturated heterocycles. The van der Waals surface area contributed by atoms with Crippen molar-refractivity contribution in [2.75, 3.05) is 17.3 Å². The van der Waals surface area contributed by atoms with Gasteiger partial charge in [-0.15, -0.1) is 11.3 Å². The van der Waals surface area contributed by atoms with Crippen molar-refractivity contribution in [2.45, 2.75) is 38.6 Å². The molecule has 2 heterocycles. The SMILES string of the molecule is CCc1cc2c(NC3CCCC3CO)nc(NN)nc2s1. The maximum Gasteiger partial charge on any atom is 0.240 e. The summed E-state index contributed by atoms with van der Waals surface area (Å²) in [6.07, 6.45) is 4.25. The topological polar surface area (TPSA) is 96.1 Å². The number of nitrogen functional groups attached to an aromatic ring is 1. The number of aromatic nitrogens is 2. The highest BCUT2D eigenvalue weighted by Gasteiger charge is 2.27. The molecule has 0 spiro atoms. The molecule has 1 fully saturated rings. The van der Waals surface area contributed by atoms with Gasteiger partial charge < -0.3 is 10.4 Å². The van der Waals surface area contributed by atoms with Crippen molar-refractivity contribution >= 4 is 33.3 Å². The minimum atomic E-state index is 0.220. The Morgan fingerprint density at radius 1 is 1.43 bits per heavy atom. The molecule has 1 aliphatic carbocycles. The maximum atomic E-state index is 9.47. The highest BCUT2D eigenvalue weighted by atomic mass is 32.1. The van der Waals surface area contributed by atoms with Crippen LogP contribution in [-0.2, 0) is 6.42 Å². The zero-order valence-electron chi connectivity index (χ0n) is 12.1. The predicted octanol–water partition coefficient (Wildman–Crippen LogP) is 2.11. The van der Waals surface area contributed by atoms with Gasteiger partial charge in [-0.3, -0.25) is 5.43 Å². The lowest BCUT2D eigenvalue weighted by Crippen LogP contribution is -2.27. The summed E-state index contributed by atoms with van der Waals surface area (Å²) in [5.41, 5.74) is 2.53. The van der Waals surface area contributed by atoms with E-state index in [-0.39, 0.29) is 12.6 Å². The van der Waals surface area contributed by atoms with Crippen LogP contribution in [0, 0.1) is 5.92 Å². The van der Waals surface area contributed by atoms with E-state index in [2.05, 4.69) is 33.7 Å². The van der Waals surface area contributed by atoms with Gasteiger partial charge in [0.05, 0.1) is 5.39 Å². The third kappa shape index (κ3) is 2.81. The van der Waals surface area contributed by atoms with Gasteiger partial charge in [-0.05, 0) is 25.3 Å². The molecule has 7 heteroatoms. The van der Waals surface area contributed by atoms with Gasteiger partial charge in [-0.25, -0.2) is 10.8 Å². The smallest absolute Gasteiger partial charge is 0.240 e. The summed E-state index contributed by atoms with van der Waals surface area (Å²) in [5, 5.41) is 14.0. The summed E-state index contributed by atoms with van der Waals surface area (Å²) in [7, 11) is 0. The van der Waals surface area contributed by atoms with Crippen LogP contribution in [0.5, 0.6) is 0 Å². The molecule has 3 rings (SSSR count). The number of thiophene rings is 1. The first kappa shape index (κ1) is 14.5. The Kier molecular flexibility index (Phi) is 4.23. The number of anilines is 2. The third-order valence-corrected chi connectivity index (χ3v) is 5.31. The highest BCUT2D eigenvalue weighted by Crippen LogP contribution is 2.33. The van der Waals surface area contributed by atoms with Crippen molar-refractivity contribution in [3.05, 3.63) is 10.9 Å². The average molecular weight is 307 g/mol. The summed E-state index contributed by atoms with van der Waals surface area (Å²) in [5.74, 6) is 7.01. The molecule has 0 aliphatic heterocycles. The Balaban J connectivity index is 1.97. The third-order valence-electron chi connectivity index (χ3n) is 4.14. The van der Waals surface area contributed by atoms with E-state index >= 15 is 0 Å². The van der Waals surface area contributed by atoms with Gasteiger partial charge in [0.15, 0.2) is 0 Å². The van der Waals surface area contributed by atoms with Gasteiger partial charge in [-0.2, -0.15) is 4.98 Å². The standard InChI is InChI=1S/C14H21N5OS/c1-2-9-6-10-12(16-11-5-3-4-8(11)7-20)17-14(19-15)18-13(10)21-9/h6,8,11,20H,2-5,7,15H2,1H3,(H2,16,17,18,19). The lowest BCUT2D eigenvalue weighted by atomic mass is 10.1. The van der Waals surface area contributed by atoms with Crippen LogP contribution < -0.4 is 16.6 Å². The van der Waals surface area contributed by atoms with Crippen molar-refractivity contribution in [3.63, 3.8) is 0 Å². The molecular weight excluding hydrogens is 286 g/mol. The molecule has 6 nitrogen and oxygen atoms in total. The predicted molar refractivity (Wildman–Crippen MR) is 86.4 cm³/mol. The van der Waals surface area contributed by atoms with Gasteiger partial charge >= 0.3 is 0 Å². The van der Waals surface area contributed by atoms with Crippen molar-refractivity contribution in [1.29, 1.82) is 0 Å². The maximum absolute atomic E-state index is 9.47. The van der Waals surface area contributed by atoms with Crippen LogP contribution in [0.3, 0.4) is 0 Å². The average Bonchev–Trinajstić information content (AvgIpc) is 3.12. The Bertz CT molecular complexity index is 629. The fourth-order valence-electron chi connectivity index (χ4n) is 2.94. The van der Waals surface area contributed by atoms with Crippen molar-refractivity contribution < 1.29 is 5.11 Å². The fraction of sp³-hybridized carbons (Fsp3) is 0.571. The van der Waals surface area contributed by atoms with E-state index in [1.54, 1.807) is 11.3 Å². The minimum Gasteiger partial charge on any atom is -0.396 e. The largest absolute Gasteiger partial charge is 0.396 e. The molecule has 114 valence electrons. The number of nitrogens with two attached hydrogens (primary N) is 1. The number of hydrogen-bond acceptors (Lipinski definition) is 7. The van der Waals surface area contributed by atoms with Crippen LogP contribution in [0.2, 0.25) is 0 Å². The fourth-order valence-corrected chi connectivity index (χ4v) is 3.91. The molecule has 2 unspecified atom stereocenters. The van der Waals surface area contributed by atoms with Crippen LogP contribution in [0.15, 0.2) is 6.07 Å². The van der Waals surface area contributed by atoms with Gasteiger partial charge in [0.1, 0.15) is 10.6 Å². The summed E-state index contributed by atoms with van der Waals surface area (Å²) in [4.78, 5) is 11.1. The van der Waals surface area contributed by atoms with E-state index in [9.17, 15) is 5.11 Å². The molecule has 0 bridgehead atoms. The summed E-state index contributed by atoms with van der Waals surface area (Å²) >= 11 is 1.67.